The SMILES string of the molecule is O=C(Nc1ccc(F)cc1)N1CCC(N2C(=O)CSC2=O)CC1. The maximum atomic E-state index is 12.8. The zero-order valence-electron chi connectivity index (χ0n) is 12.3. The van der Waals surface area contributed by atoms with E-state index in [1.807, 2.05) is 0 Å². The summed E-state index contributed by atoms with van der Waals surface area (Å²) in [6.45, 7) is 0.943. The van der Waals surface area contributed by atoms with Gasteiger partial charge in [0.2, 0.25) is 5.91 Å². The molecule has 2 saturated heterocycles. The van der Waals surface area contributed by atoms with Gasteiger partial charge in [-0.15, -0.1) is 0 Å². The van der Waals surface area contributed by atoms with E-state index in [0.29, 0.717) is 31.6 Å². The number of nitrogens with zero attached hydrogens (tertiary/aromatic N) is 2. The molecule has 2 heterocycles. The van der Waals surface area contributed by atoms with E-state index in [1.54, 1.807) is 4.90 Å². The van der Waals surface area contributed by atoms with Gasteiger partial charge in [0.05, 0.1) is 5.75 Å². The number of likely N-dealkylation sites (tertiary alicyclic amines) is 1. The Bertz CT molecular complexity index is 613. The van der Waals surface area contributed by atoms with Crippen LogP contribution in [0.3, 0.4) is 0 Å². The van der Waals surface area contributed by atoms with Crippen molar-refractivity contribution in [2.45, 2.75) is 18.9 Å². The fraction of sp³-hybridized carbons (Fsp3) is 0.400. The van der Waals surface area contributed by atoms with Crippen molar-refractivity contribution < 1.29 is 18.8 Å². The van der Waals surface area contributed by atoms with Crippen molar-refractivity contribution in [1.29, 1.82) is 0 Å². The van der Waals surface area contributed by atoms with Gasteiger partial charge in [-0.1, -0.05) is 11.8 Å². The molecule has 23 heavy (non-hydrogen) atoms. The molecule has 2 aliphatic heterocycles. The molecule has 122 valence electrons. The van der Waals surface area contributed by atoms with Gasteiger partial charge in [0.25, 0.3) is 5.24 Å². The Kier molecular flexibility index (Phi) is 4.51. The third-order valence-electron chi connectivity index (χ3n) is 4.00. The number of imide groups is 1. The molecule has 4 amide bonds. The van der Waals surface area contributed by atoms with Gasteiger partial charge in [-0.2, -0.15) is 0 Å². The smallest absolute Gasteiger partial charge is 0.321 e. The molecule has 3 rings (SSSR count). The summed E-state index contributed by atoms with van der Waals surface area (Å²) < 4.78 is 12.8. The number of thioether (sulfide) groups is 1. The molecule has 2 fully saturated rings. The van der Waals surface area contributed by atoms with E-state index in [4.69, 9.17) is 0 Å². The summed E-state index contributed by atoms with van der Waals surface area (Å²) in [6.07, 6.45) is 1.16. The summed E-state index contributed by atoms with van der Waals surface area (Å²) in [5.41, 5.74) is 0.528. The second-order valence-electron chi connectivity index (χ2n) is 5.47. The Morgan fingerprint density at radius 3 is 2.39 bits per heavy atom. The van der Waals surface area contributed by atoms with Crippen molar-refractivity contribution in [2.24, 2.45) is 0 Å². The van der Waals surface area contributed by atoms with Gasteiger partial charge < -0.3 is 10.2 Å². The van der Waals surface area contributed by atoms with Gasteiger partial charge in [-0.25, -0.2) is 9.18 Å². The summed E-state index contributed by atoms with van der Waals surface area (Å²) >= 11 is 1.03. The lowest BCUT2D eigenvalue weighted by Crippen LogP contribution is -2.49. The number of rotatable bonds is 2. The van der Waals surface area contributed by atoms with Crippen LogP contribution in [0.15, 0.2) is 24.3 Å². The first-order valence-corrected chi connectivity index (χ1v) is 8.33. The molecule has 0 saturated carbocycles. The number of anilines is 1. The monoisotopic (exact) mass is 337 g/mol. The molecule has 8 heteroatoms. The van der Waals surface area contributed by atoms with Gasteiger partial charge in [-0.3, -0.25) is 14.5 Å². The number of piperidine rings is 1. The zero-order chi connectivity index (χ0) is 16.4. The maximum absolute atomic E-state index is 12.8. The van der Waals surface area contributed by atoms with Crippen molar-refractivity contribution in [3.8, 4) is 0 Å². The summed E-state index contributed by atoms with van der Waals surface area (Å²) in [4.78, 5) is 38.6. The van der Waals surface area contributed by atoms with E-state index in [-0.39, 0.29) is 34.8 Å². The van der Waals surface area contributed by atoms with Crippen LogP contribution in [0, 0.1) is 5.82 Å². The van der Waals surface area contributed by atoms with Crippen LogP contribution in [0.2, 0.25) is 0 Å². The van der Waals surface area contributed by atoms with Crippen LogP contribution in [0.4, 0.5) is 19.7 Å². The van der Waals surface area contributed by atoms with Crippen LogP contribution in [-0.4, -0.2) is 51.9 Å². The largest absolute Gasteiger partial charge is 0.324 e. The first kappa shape index (κ1) is 15.8. The van der Waals surface area contributed by atoms with Gasteiger partial charge in [0.15, 0.2) is 0 Å². The molecule has 0 unspecified atom stereocenters. The number of hydrogen-bond donors (Lipinski definition) is 1. The molecule has 1 N–H and O–H groups in total. The van der Waals surface area contributed by atoms with Gasteiger partial charge in [-0.05, 0) is 37.1 Å². The zero-order valence-corrected chi connectivity index (χ0v) is 13.1. The molecule has 0 aromatic heterocycles. The van der Waals surface area contributed by atoms with Crippen molar-refractivity contribution in [1.82, 2.24) is 9.80 Å². The third-order valence-corrected chi connectivity index (χ3v) is 4.83. The molecule has 0 radical (unpaired) electrons. The highest BCUT2D eigenvalue weighted by atomic mass is 32.2. The summed E-state index contributed by atoms with van der Waals surface area (Å²) in [6, 6.07) is 5.18. The van der Waals surface area contributed by atoms with Crippen LogP contribution in [0.25, 0.3) is 0 Å². The number of amides is 4. The van der Waals surface area contributed by atoms with E-state index < -0.39 is 0 Å². The number of halogens is 1. The summed E-state index contributed by atoms with van der Waals surface area (Å²) in [7, 11) is 0. The standard InChI is InChI=1S/C15H16FN3O3S/c16-10-1-3-11(4-2-10)17-14(21)18-7-5-12(6-8-18)19-13(20)9-23-15(19)22/h1-4,12H,5-9H2,(H,17,21). The predicted octanol–water partition coefficient (Wildman–Crippen LogP) is 2.52. The quantitative estimate of drug-likeness (QED) is 0.900. The lowest BCUT2D eigenvalue weighted by atomic mass is 10.0. The Hall–Kier alpha value is -2.09. The van der Waals surface area contributed by atoms with Crippen molar-refractivity contribution in [2.75, 3.05) is 24.2 Å². The van der Waals surface area contributed by atoms with Gasteiger partial charge in [0.1, 0.15) is 5.82 Å². The van der Waals surface area contributed by atoms with Crippen molar-refractivity contribution >= 4 is 34.6 Å². The molecule has 0 bridgehead atoms. The molecular formula is C15H16FN3O3S. The summed E-state index contributed by atoms with van der Waals surface area (Å²) in [5.74, 6) is -0.291. The Morgan fingerprint density at radius 1 is 1.17 bits per heavy atom. The average molecular weight is 337 g/mol. The van der Waals surface area contributed by atoms with E-state index in [0.717, 1.165) is 11.8 Å². The molecule has 0 aliphatic carbocycles. The second kappa shape index (κ2) is 6.57. The van der Waals surface area contributed by atoms with Gasteiger partial charge >= 0.3 is 6.03 Å². The Morgan fingerprint density at radius 2 is 1.83 bits per heavy atom. The number of hydrogen-bond acceptors (Lipinski definition) is 4. The predicted molar refractivity (Wildman–Crippen MR) is 84.7 cm³/mol. The van der Waals surface area contributed by atoms with Gasteiger partial charge in [0, 0.05) is 24.8 Å². The summed E-state index contributed by atoms with van der Waals surface area (Å²) in [5, 5.41) is 2.52. The minimum absolute atomic E-state index is 0.125. The maximum Gasteiger partial charge on any atom is 0.321 e. The van der Waals surface area contributed by atoms with E-state index in [1.165, 1.54) is 29.2 Å². The van der Waals surface area contributed by atoms with Crippen LogP contribution in [0.5, 0.6) is 0 Å². The highest BCUT2D eigenvalue weighted by Gasteiger charge is 2.37. The number of benzene rings is 1. The molecule has 0 atom stereocenters. The topological polar surface area (TPSA) is 69.7 Å². The molecule has 1 aromatic carbocycles. The van der Waals surface area contributed by atoms with Crippen LogP contribution in [-0.2, 0) is 4.79 Å². The van der Waals surface area contributed by atoms with Crippen molar-refractivity contribution in [3.05, 3.63) is 30.1 Å². The third kappa shape index (κ3) is 3.47. The second-order valence-corrected chi connectivity index (χ2v) is 6.40. The van der Waals surface area contributed by atoms with E-state index in [9.17, 15) is 18.8 Å². The first-order chi connectivity index (χ1) is 11.0. The average Bonchev–Trinajstić information content (AvgIpc) is 2.88. The highest BCUT2D eigenvalue weighted by Crippen LogP contribution is 2.26. The number of urea groups is 1. The Balaban J connectivity index is 1.54. The first-order valence-electron chi connectivity index (χ1n) is 7.35. The molecule has 1 aromatic rings. The van der Waals surface area contributed by atoms with E-state index >= 15 is 0 Å². The number of carbonyl (C=O) groups is 3. The molecule has 0 spiro atoms. The number of carbonyl (C=O) groups excluding carboxylic acids is 3. The van der Waals surface area contributed by atoms with Crippen LogP contribution in [0.1, 0.15) is 12.8 Å². The molecule has 2 aliphatic rings. The van der Waals surface area contributed by atoms with Crippen molar-refractivity contribution in [3.63, 3.8) is 0 Å². The fourth-order valence-corrected chi connectivity index (χ4v) is 3.56. The number of nitrogens with one attached hydrogen (secondary N) is 1. The van der Waals surface area contributed by atoms with Crippen LogP contribution < -0.4 is 5.32 Å². The minimum atomic E-state index is -0.360. The Labute approximate surface area is 137 Å². The highest BCUT2D eigenvalue weighted by molar-refractivity contribution is 8.14. The minimum Gasteiger partial charge on any atom is -0.324 e. The molecule has 6 nitrogen and oxygen atoms in total. The van der Waals surface area contributed by atoms with Crippen LogP contribution >= 0.6 is 11.8 Å². The fourth-order valence-electron chi connectivity index (χ4n) is 2.78. The lowest BCUT2D eigenvalue weighted by molar-refractivity contribution is -0.126. The van der Waals surface area contributed by atoms with E-state index in [2.05, 4.69) is 5.32 Å². The normalized spacial score (nSPS) is 19.3. The lowest BCUT2D eigenvalue weighted by Gasteiger charge is -2.35. The molecular weight excluding hydrogens is 321 g/mol.